The van der Waals surface area contributed by atoms with E-state index in [4.69, 9.17) is 4.74 Å². The Labute approximate surface area is 90.6 Å². The zero-order chi connectivity index (χ0) is 11.1. The first-order valence-corrected chi connectivity index (χ1v) is 5.41. The van der Waals surface area contributed by atoms with E-state index in [1.807, 2.05) is 13.8 Å². The number of nitrogens with one attached hydrogen (secondary N) is 2. The van der Waals surface area contributed by atoms with Gasteiger partial charge < -0.3 is 10.1 Å². The summed E-state index contributed by atoms with van der Waals surface area (Å²) in [5.41, 5.74) is 0. The van der Waals surface area contributed by atoms with E-state index in [9.17, 15) is 0 Å². The Hall–Kier alpha value is -0.940. The van der Waals surface area contributed by atoms with Gasteiger partial charge in [0.15, 0.2) is 5.82 Å². The first kappa shape index (κ1) is 12.1. The third kappa shape index (κ3) is 4.90. The van der Waals surface area contributed by atoms with Crippen LogP contribution in [0.1, 0.15) is 25.5 Å². The quantitative estimate of drug-likeness (QED) is 0.697. The van der Waals surface area contributed by atoms with Gasteiger partial charge in [-0.3, -0.25) is 5.10 Å². The molecule has 1 atom stereocenters. The number of aromatic nitrogens is 3. The van der Waals surface area contributed by atoms with E-state index in [-0.39, 0.29) is 0 Å². The smallest absolute Gasteiger partial charge is 0.151 e. The van der Waals surface area contributed by atoms with Crippen LogP contribution in [0, 0.1) is 6.92 Å². The van der Waals surface area contributed by atoms with Crippen LogP contribution in [0.15, 0.2) is 0 Å². The molecule has 0 amide bonds. The van der Waals surface area contributed by atoms with Gasteiger partial charge in [-0.1, -0.05) is 0 Å². The van der Waals surface area contributed by atoms with Crippen molar-refractivity contribution in [2.75, 3.05) is 19.8 Å². The van der Waals surface area contributed by atoms with Crippen molar-refractivity contribution in [1.82, 2.24) is 20.5 Å². The number of H-pyrrole nitrogens is 1. The summed E-state index contributed by atoms with van der Waals surface area (Å²) in [5, 5.41) is 10.3. The molecule has 0 spiro atoms. The Balaban J connectivity index is 2.10. The lowest BCUT2D eigenvalue weighted by Gasteiger charge is -2.12. The van der Waals surface area contributed by atoms with Crippen LogP contribution < -0.4 is 5.32 Å². The van der Waals surface area contributed by atoms with Gasteiger partial charge in [0.2, 0.25) is 0 Å². The highest BCUT2D eigenvalue weighted by molar-refractivity contribution is 4.88. The molecule has 0 aliphatic heterocycles. The van der Waals surface area contributed by atoms with Crippen molar-refractivity contribution in [3.8, 4) is 0 Å². The molecule has 1 unspecified atom stereocenters. The Morgan fingerprint density at radius 1 is 1.53 bits per heavy atom. The molecule has 0 saturated carbocycles. The van der Waals surface area contributed by atoms with Crippen LogP contribution in [0.2, 0.25) is 0 Å². The number of ether oxygens (including phenoxy) is 1. The zero-order valence-electron chi connectivity index (χ0n) is 9.71. The Morgan fingerprint density at radius 3 is 2.93 bits per heavy atom. The lowest BCUT2D eigenvalue weighted by Crippen LogP contribution is -2.32. The molecule has 2 N–H and O–H groups in total. The largest absolute Gasteiger partial charge is 0.380 e. The molecule has 1 rings (SSSR count). The topological polar surface area (TPSA) is 62.8 Å². The van der Waals surface area contributed by atoms with Gasteiger partial charge in [0, 0.05) is 25.6 Å². The molecule has 0 radical (unpaired) electrons. The first-order chi connectivity index (χ1) is 7.22. The standard InChI is InChI=1S/C10H20N4O/c1-4-15-7-8(2)11-6-5-10-12-9(3)13-14-10/h8,11H,4-7H2,1-3H3,(H,12,13,14). The van der Waals surface area contributed by atoms with Crippen molar-refractivity contribution in [3.05, 3.63) is 11.6 Å². The van der Waals surface area contributed by atoms with Gasteiger partial charge >= 0.3 is 0 Å². The van der Waals surface area contributed by atoms with Gasteiger partial charge in [0.1, 0.15) is 5.82 Å². The zero-order valence-corrected chi connectivity index (χ0v) is 9.71. The molecular weight excluding hydrogens is 192 g/mol. The number of nitrogens with zero attached hydrogens (tertiary/aromatic N) is 2. The molecule has 15 heavy (non-hydrogen) atoms. The predicted molar refractivity (Wildman–Crippen MR) is 58.8 cm³/mol. The second-order valence-electron chi connectivity index (χ2n) is 3.60. The fraction of sp³-hybridized carbons (Fsp3) is 0.800. The summed E-state index contributed by atoms with van der Waals surface area (Å²) < 4.78 is 5.30. The fourth-order valence-corrected chi connectivity index (χ4v) is 1.28. The lowest BCUT2D eigenvalue weighted by molar-refractivity contribution is 0.127. The first-order valence-electron chi connectivity index (χ1n) is 5.41. The molecule has 0 aromatic carbocycles. The maximum Gasteiger partial charge on any atom is 0.151 e. The lowest BCUT2D eigenvalue weighted by atomic mass is 10.3. The summed E-state index contributed by atoms with van der Waals surface area (Å²) >= 11 is 0. The van der Waals surface area contributed by atoms with E-state index in [1.54, 1.807) is 0 Å². The highest BCUT2D eigenvalue weighted by Crippen LogP contribution is 1.91. The van der Waals surface area contributed by atoms with E-state index < -0.39 is 0 Å². The van der Waals surface area contributed by atoms with Gasteiger partial charge in [-0.05, 0) is 20.8 Å². The highest BCUT2D eigenvalue weighted by atomic mass is 16.5. The van der Waals surface area contributed by atoms with Crippen molar-refractivity contribution >= 4 is 0 Å². The molecular formula is C10H20N4O. The second-order valence-corrected chi connectivity index (χ2v) is 3.60. The van der Waals surface area contributed by atoms with E-state index in [0.717, 1.165) is 37.8 Å². The van der Waals surface area contributed by atoms with Crippen LogP contribution in [-0.4, -0.2) is 41.0 Å². The Kier molecular flexibility index (Phi) is 5.28. The van der Waals surface area contributed by atoms with Gasteiger partial charge in [0.25, 0.3) is 0 Å². The number of hydrogen-bond acceptors (Lipinski definition) is 4. The molecule has 5 nitrogen and oxygen atoms in total. The highest BCUT2D eigenvalue weighted by Gasteiger charge is 2.02. The Bertz CT molecular complexity index is 274. The monoisotopic (exact) mass is 212 g/mol. The van der Waals surface area contributed by atoms with Crippen LogP contribution in [0.4, 0.5) is 0 Å². The van der Waals surface area contributed by atoms with Gasteiger partial charge in [-0.25, -0.2) is 4.98 Å². The Morgan fingerprint density at radius 2 is 2.33 bits per heavy atom. The van der Waals surface area contributed by atoms with Crippen molar-refractivity contribution in [1.29, 1.82) is 0 Å². The maximum absolute atomic E-state index is 5.30. The molecule has 0 saturated heterocycles. The molecule has 0 aliphatic rings. The molecule has 0 fully saturated rings. The third-order valence-electron chi connectivity index (χ3n) is 2.06. The van der Waals surface area contributed by atoms with E-state index in [1.165, 1.54) is 0 Å². The average Bonchev–Trinajstić information content (AvgIpc) is 2.61. The SMILES string of the molecule is CCOCC(C)NCCc1n[nH]c(C)n1. The second kappa shape index (κ2) is 6.53. The summed E-state index contributed by atoms with van der Waals surface area (Å²) in [6.45, 7) is 8.42. The average molecular weight is 212 g/mol. The van der Waals surface area contributed by atoms with Crippen LogP contribution >= 0.6 is 0 Å². The van der Waals surface area contributed by atoms with Crippen molar-refractivity contribution in [3.63, 3.8) is 0 Å². The van der Waals surface area contributed by atoms with E-state index in [0.29, 0.717) is 6.04 Å². The number of hydrogen-bond donors (Lipinski definition) is 2. The summed E-state index contributed by atoms with van der Waals surface area (Å²) in [4.78, 5) is 4.23. The number of rotatable bonds is 7. The summed E-state index contributed by atoms with van der Waals surface area (Å²) in [6, 6.07) is 0.380. The van der Waals surface area contributed by atoms with Crippen molar-refractivity contribution in [2.24, 2.45) is 0 Å². The van der Waals surface area contributed by atoms with Crippen molar-refractivity contribution in [2.45, 2.75) is 33.2 Å². The predicted octanol–water partition coefficient (Wildman–Crippen LogP) is 0.670. The van der Waals surface area contributed by atoms with Crippen LogP contribution in [0.3, 0.4) is 0 Å². The molecule has 1 aromatic heterocycles. The van der Waals surface area contributed by atoms with Gasteiger partial charge in [-0.2, -0.15) is 5.10 Å². The summed E-state index contributed by atoms with van der Waals surface area (Å²) in [7, 11) is 0. The summed E-state index contributed by atoms with van der Waals surface area (Å²) in [6.07, 6.45) is 0.848. The van der Waals surface area contributed by atoms with Gasteiger partial charge in [-0.15, -0.1) is 0 Å². The van der Waals surface area contributed by atoms with Crippen LogP contribution in [0.5, 0.6) is 0 Å². The van der Waals surface area contributed by atoms with E-state index >= 15 is 0 Å². The minimum Gasteiger partial charge on any atom is -0.380 e. The summed E-state index contributed by atoms with van der Waals surface area (Å²) in [5.74, 6) is 1.73. The number of aryl methyl sites for hydroxylation is 1. The fourth-order valence-electron chi connectivity index (χ4n) is 1.28. The van der Waals surface area contributed by atoms with Crippen LogP contribution in [0.25, 0.3) is 0 Å². The molecule has 1 aromatic rings. The maximum atomic E-state index is 5.30. The third-order valence-corrected chi connectivity index (χ3v) is 2.06. The molecule has 5 heteroatoms. The minimum atomic E-state index is 0.380. The number of aromatic amines is 1. The molecule has 0 bridgehead atoms. The molecule has 0 aliphatic carbocycles. The molecule has 86 valence electrons. The molecule has 1 heterocycles. The van der Waals surface area contributed by atoms with Gasteiger partial charge in [0.05, 0.1) is 6.61 Å². The van der Waals surface area contributed by atoms with Crippen LogP contribution in [-0.2, 0) is 11.2 Å². The normalized spacial score (nSPS) is 13.0. The van der Waals surface area contributed by atoms with Crippen molar-refractivity contribution < 1.29 is 4.74 Å². The van der Waals surface area contributed by atoms with E-state index in [2.05, 4.69) is 27.4 Å². The minimum absolute atomic E-state index is 0.380.